The molecular weight excluding hydrogens is 636 g/mol. The Morgan fingerprint density at radius 2 is 1.83 bits per heavy atom. The SMILES string of the molecule is COc1cccc(-c2nc3c(cc2Cl)c(N2CCN(C(=O)OC(C)(C)C)CC2C)nc(=O)n3-c2c(C)ccnc2C(C)C)c1OC(C)=O. The molecule has 0 saturated carbocycles. The molecule has 3 aromatic heterocycles. The van der Waals surface area contributed by atoms with Crippen molar-refractivity contribution in [3.63, 3.8) is 0 Å². The Morgan fingerprint density at radius 3 is 2.46 bits per heavy atom. The van der Waals surface area contributed by atoms with Crippen molar-refractivity contribution >= 4 is 40.5 Å². The molecule has 254 valence electrons. The molecule has 0 spiro atoms. The maximum absolute atomic E-state index is 14.3. The Labute approximate surface area is 284 Å². The number of amides is 1. The second kappa shape index (κ2) is 13.4. The molecule has 1 aliphatic heterocycles. The largest absolute Gasteiger partial charge is 0.493 e. The van der Waals surface area contributed by atoms with E-state index in [9.17, 15) is 14.4 Å². The molecular formula is C35H41ClN6O6. The van der Waals surface area contributed by atoms with Crippen LogP contribution in [0, 0.1) is 6.92 Å². The van der Waals surface area contributed by atoms with Gasteiger partial charge in [-0.2, -0.15) is 4.98 Å². The van der Waals surface area contributed by atoms with Crippen LogP contribution < -0.4 is 20.1 Å². The molecule has 13 heteroatoms. The van der Waals surface area contributed by atoms with Crippen LogP contribution in [0.15, 0.2) is 41.3 Å². The van der Waals surface area contributed by atoms with E-state index in [1.165, 1.54) is 18.6 Å². The van der Waals surface area contributed by atoms with Crippen LogP contribution >= 0.6 is 11.6 Å². The van der Waals surface area contributed by atoms with Gasteiger partial charge in [0.05, 0.1) is 34.6 Å². The minimum atomic E-state index is -0.628. The molecule has 1 fully saturated rings. The average molecular weight is 677 g/mol. The van der Waals surface area contributed by atoms with Crippen molar-refractivity contribution in [3.05, 3.63) is 63.3 Å². The van der Waals surface area contributed by atoms with E-state index in [0.717, 1.165) is 5.56 Å². The number of hydrogen-bond acceptors (Lipinski definition) is 10. The number of ether oxygens (including phenoxy) is 3. The topological polar surface area (TPSA) is 129 Å². The zero-order chi connectivity index (χ0) is 35.1. The summed E-state index contributed by atoms with van der Waals surface area (Å²) in [6.45, 7) is 15.8. The number of para-hydroxylation sites is 1. The van der Waals surface area contributed by atoms with Gasteiger partial charge in [0.15, 0.2) is 17.1 Å². The number of esters is 1. The quantitative estimate of drug-likeness (QED) is 0.169. The van der Waals surface area contributed by atoms with E-state index in [1.54, 1.807) is 35.4 Å². The Kier molecular flexibility index (Phi) is 9.68. The lowest BCUT2D eigenvalue weighted by atomic mass is 10.0. The first-order valence-electron chi connectivity index (χ1n) is 15.8. The molecule has 1 unspecified atom stereocenters. The van der Waals surface area contributed by atoms with Crippen LogP contribution in [0.2, 0.25) is 5.02 Å². The van der Waals surface area contributed by atoms with Crippen LogP contribution in [-0.2, 0) is 9.53 Å². The zero-order valence-corrected chi connectivity index (χ0v) is 29.5. The van der Waals surface area contributed by atoms with Gasteiger partial charge in [-0.05, 0) is 70.4 Å². The molecule has 1 aliphatic rings. The summed E-state index contributed by atoms with van der Waals surface area (Å²) in [6.07, 6.45) is 1.32. The highest BCUT2D eigenvalue weighted by molar-refractivity contribution is 6.34. The number of anilines is 1. The third-order valence-corrected chi connectivity index (χ3v) is 8.27. The second-order valence-corrected chi connectivity index (χ2v) is 13.6. The smallest absolute Gasteiger partial charge is 0.410 e. The third-order valence-electron chi connectivity index (χ3n) is 7.98. The monoisotopic (exact) mass is 676 g/mol. The van der Waals surface area contributed by atoms with Gasteiger partial charge in [0.1, 0.15) is 11.4 Å². The summed E-state index contributed by atoms with van der Waals surface area (Å²) in [6, 6.07) is 8.46. The first-order valence-corrected chi connectivity index (χ1v) is 16.2. The Morgan fingerprint density at radius 1 is 1.10 bits per heavy atom. The number of aromatic nitrogens is 4. The molecule has 1 aromatic carbocycles. The fraction of sp³-hybridized carbons (Fsp3) is 0.429. The number of nitrogens with zero attached hydrogens (tertiary/aromatic N) is 6. The highest BCUT2D eigenvalue weighted by atomic mass is 35.5. The minimum Gasteiger partial charge on any atom is -0.493 e. The van der Waals surface area contributed by atoms with Gasteiger partial charge in [-0.25, -0.2) is 19.1 Å². The van der Waals surface area contributed by atoms with Crippen molar-refractivity contribution in [2.75, 3.05) is 31.6 Å². The molecule has 1 amide bonds. The van der Waals surface area contributed by atoms with Crippen molar-refractivity contribution < 1.29 is 23.8 Å². The molecule has 1 saturated heterocycles. The molecule has 1 atom stereocenters. The summed E-state index contributed by atoms with van der Waals surface area (Å²) in [5.41, 5.74) is 1.89. The van der Waals surface area contributed by atoms with Gasteiger partial charge in [0.25, 0.3) is 0 Å². The number of pyridine rings is 2. The number of carbonyl (C=O) groups excluding carboxylic acids is 2. The minimum absolute atomic E-state index is 0.0248. The number of piperazine rings is 1. The summed E-state index contributed by atoms with van der Waals surface area (Å²) >= 11 is 7.01. The molecule has 0 bridgehead atoms. The number of carbonyl (C=O) groups is 2. The Balaban J connectivity index is 1.77. The molecule has 4 aromatic rings. The van der Waals surface area contributed by atoms with Gasteiger partial charge >= 0.3 is 17.8 Å². The summed E-state index contributed by atoms with van der Waals surface area (Å²) < 4.78 is 18.2. The lowest BCUT2D eigenvalue weighted by Gasteiger charge is -2.41. The molecule has 12 nitrogen and oxygen atoms in total. The number of fused-ring (bicyclic) bond motifs is 1. The van der Waals surface area contributed by atoms with E-state index in [0.29, 0.717) is 59.2 Å². The summed E-state index contributed by atoms with van der Waals surface area (Å²) in [7, 11) is 1.47. The van der Waals surface area contributed by atoms with Gasteiger partial charge in [-0.3, -0.25) is 9.78 Å². The summed E-state index contributed by atoms with van der Waals surface area (Å²) in [5.74, 6) is 0.283. The van der Waals surface area contributed by atoms with Crippen LogP contribution in [0.1, 0.15) is 65.6 Å². The molecule has 48 heavy (non-hydrogen) atoms. The van der Waals surface area contributed by atoms with Crippen LogP contribution in [0.3, 0.4) is 0 Å². The van der Waals surface area contributed by atoms with Crippen LogP contribution in [0.4, 0.5) is 10.6 Å². The highest BCUT2D eigenvalue weighted by Crippen LogP contribution is 2.42. The molecule has 0 aliphatic carbocycles. The van der Waals surface area contributed by atoms with E-state index < -0.39 is 23.4 Å². The average Bonchev–Trinajstić information content (AvgIpc) is 3.00. The van der Waals surface area contributed by atoms with Gasteiger partial charge in [0, 0.05) is 44.4 Å². The van der Waals surface area contributed by atoms with Crippen molar-refractivity contribution in [1.82, 2.24) is 24.4 Å². The maximum atomic E-state index is 14.3. The van der Waals surface area contributed by atoms with E-state index in [1.807, 2.05) is 59.4 Å². The van der Waals surface area contributed by atoms with Crippen LogP contribution in [0.5, 0.6) is 11.5 Å². The number of benzene rings is 1. The predicted octanol–water partition coefficient (Wildman–Crippen LogP) is 6.31. The van der Waals surface area contributed by atoms with Gasteiger partial charge < -0.3 is 24.0 Å². The number of methoxy groups -OCH3 is 1. The first kappa shape index (κ1) is 34.6. The van der Waals surface area contributed by atoms with E-state index >= 15 is 0 Å². The lowest BCUT2D eigenvalue weighted by molar-refractivity contribution is -0.131. The number of rotatable bonds is 6. The van der Waals surface area contributed by atoms with Gasteiger partial charge in [-0.1, -0.05) is 31.5 Å². The third kappa shape index (κ3) is 6.80. The van der Waals surface area contributed by atoms with E-state index in [-0.39, 0.29) is 28.4 Å². The standard InChI is InChI=1S/C35H41ClN6O6/c1-19(2)27-29(20(3)13-14-37-27)42-32-24(17-25(36)28(38-32)23-11-10-12-26(46-9)30(23)47-22(5)43)31(39-33(42)44)41-16-15-40(18-21(41)4)34(45)48-35(6,7)8/h10-14,17,19,21H,15-16,18H2,1-9H3. The molecule has 0 radical (unpaired) electrons. The second-order valence-electron chi connectivity index (χ2n) is 13.2. The zero-order valence-electron chi connectivity index (χ0n) is 28.8. The fourth-order valence-electron chi connectivity index (χ4n) is 5.88. The fourth-order valence-corrected chi connectivity index (χ4v) is 6.13. The normalized spacial score (nSPS) is 15.2. The molecule has 5 rings (SSSR count). The Bertz CT molecular complexity index is 1950. The van der Waals surface area contributed by atoms with Crippen molar-refractivity contribution in [1.29, 1.82) is 0 Å². The lowest BCUT2D eigenvalue weighted by Crippen LogP contribution is -2.55. The number of halogens is 1. The van der Waals surface area contributed by atoms with Crippen molar-refractivity contribution in [2.45, 2.75) is 73.0 Å². The first-order chi connectivity index (χ1) is 22.6. The maximum Gasteiger partial charge on any atom is 0.410 e. The Hall–Kier alpha value is -4.71. The van der Waals surface area contributed by atoms with E-state index in [4.69, 9.17) is 30.8 Å². The molecule has 4 heterocycles. The van der Waals surface area contributed by atoms with Crippen molar-refractivity contribution in [3.8, 4) is 28.4 Å². The predicted molar refractivity (Wildman–Crippen MR) is 185 cm³/mol. The van der Waals surface area contributed by atoms with Gasteiger partial charge in [0.2, 0.25) is 0 Å². The number of hydrogen-bond donors (Lipinski definition) is 0. The van der Waals surface area contributed by atoms with Crippen LogP contribution in [-0.4, -0.2) is 74.9 Å². The van der Waals surface area contributed by atoms with Gasteiger partial charge in [-0.15, -0.1) is 0 Å². The van der Waals surface area contributed by atoms with E-state index in [2.05, 4.69) is 9.97 Å². The molecule has 0 N–H and O–H groups in total. The van der Waals surface area contributed by atoms with Crippen molar-refractivity contribution in [2.24, 2.45) is 0 Å². The summed E-state index contributed by atoms with van der Waals surface area (Å²) in [5, 5.41) is 0.764. The van der Waals surface area contributed by atoms with Crippen LogP contribution in [0.25, 0.3) is 28.0 Å². The summed E-state index contributed by atoms with van der Waals surface area (Å²) in [4.78, 5) is 57.2. The highest BCUT2D eigenvalue weighted by Gasteiger charge is 2.33. The number of aryl methyl sites for hydroxylation is 1.